The Balaban J connectivity index is 0.00000196. The number of benzene rings is 1. The van der Waals surface area contributed by atoms with Crippen LogP contribution in [0.2, 0.25) is 5.02 Å². The number of nitrogens with two attached hydrogens (primary N) is 1. The van der Waals surface area contributed by atoms with Crippen molar-refractivity contribution in [3.8, 4) is 0 Å². The van der Waals surface area contributed by atoms with Gasteiger partial charge in [-0.2, -0.15) is 13.2 Å². The minimum absolute atomic E-state index is 0. The molecule has 0 aromatic heterocycles. The van der Waals surface area contributed by atoms with E-state index in [1.165, 1.54) is 0 Å². The Labute approximate surface area is 94.6 Å². The van der Waals surface area contributed by atoms with Crippen LogP contribution in [0.5, 0.6) is 0 Å². The molecule has 1 rings (SSSR count). The molecule has 0 aliphatic rings. The van der Waals surface area contributed by atoms with Gasteiger partial charge >= 0.3 is 6.18 Å². The third kappa shape index (κ3) is 3.52. The van der Waals surface area contributed by atoms with Crippen LogP contribution < -0.4 is 5.73 Å². The first kappa shape index (κ1) is 14.5. The van der Waals surface area contributed by atoms with Gasteiger partial charge in [0, 0.05) is 0 Å². The lowest BCUT2D eigenvalue weighted by Crippen LogP contribution is -2.28. The molecule has 0 heterocycles. The van der Waals surface area contributed by atoms with Crippen LogP contribution in [0, 0.1) is 5.82 Å². The molecule has 7 heteroatoms. The zero-order valence-corrected chi connectivity index (χ0v) is 8.76. The highest BCUT2D eigenvalue weighted by molar-refractivity contribution is 6.30. The number of hydrogen-bond acceptors (Lipinski definition) is 1. The first-order chi connectivity index (χ1) is 6.32. The Morgan fingerprint density at radius 1 is 1.27 bits per heavy atom. The molecule has 0 unspecified atom stereocenters. The van der Waals surface area contributed by atoms with Crippen molar-refractivity contribution in [2.75, 3.05) is 0 Å². The molecule has 1 aromatic rings. The van der Waals surface area contributed by atoms with E-state index in [1.807, 2.05) is 0 Å². The SMILES string of the molecule is Cl.N[C@H](c1ccc(F)c(Cl)c1)C(F)(F)F. The molecule has 1 nitrogen and oxygen atoms in total. The summed E-state index contributed by atoms with van der Waals surface area (Å²) < 4.78 is 48.9. The summed E-state index contributed by atoms with van der Waals surface area (Å²) in [5.41, 5.74) is 4.62. The first-order valence-corrected chi connectivity index (χ1v) is 3.97. The average molecular weight is 264 g/mol. The molecular formula is C8H7Cl2F4N. The topological polar surface area (TPSA) is 26.0 Å². The van der Waals surface area contributed by atoms with Gasteiger partial charge in [-0.25, -0.2) is 4.39 Å². The largest absolute Gasteiger partial charge is 0.407 e. The van der Waals surface area contributed by atoms with E-state index in [4.69, 9.17) is 17.3 Å². The summed E-state index contributed by atoms with van der Waals surface area (Å²) in [7, 11) is 0. The van der Waals surface area contributed by atoms with E-state index in [1.54, 1.807) is 0 Å². The van der Waals surface area contributed by atoms with Gasteiger partial charge in [-0.15, -0.1) is 12.4 Å². The fourth-order valence-corrected chi connectivity index (χ4v) is 1.08. The van der Waals surface area contributed by atoms with Crippen molar-refractivity contribution in [1.82, 2.24) is 0 Å². The second kappa shape index (κ2) is 5.01. The van der Waals surface area contributed by atoms with Crippen LogP contribution in [-0.2, 0) is 0 Å². The van der Waals surface area contributed by atoms with E-state index < -0.39 is 18.0 Å². The smallest absolute Gasteiger partial charge is 0.316 e. The summed E-state index contributed by atoms with van der Waals surface area (Å²) in [5, 5.41) is -0.373. The second-order valence-corrected chi connectivity index (χ2v) is 3.10. The third-order valence-corrected chi connectivity index (χ3v) is 1.95. The summed E-state index contributed by atoms with van der Waals surface area (Å²) in [5.74, 6) is -0.773. The molecule has 1 aromatic carbocycles. The molecular weight excluding hydrogens is 257 g/mol. The van der Waals surface area contributed by atoms with Crippen molar-refractivity contribution in [2.24, 2.45) is 5.73 Å². The maximum absolute atomic E-state index is 12.6. The van der Waals surface area contributed by atoms with E-state index in [0.717, 1.165) is 18.2 Å². The maximum atomic E-state index is 12.6. The predicted molar refractivity (Wildman–Crippen MR) is 51.6 cm³/mol. The highest BCUT2D eigenvalue weighted by Gasteiger charge is 2.37. The Hall–Kier alpha value is -0.520. The van der Waals surface area contributed by atoms with Gasteiger partial charge in [0.2, 0.25) is 0 Å². The van der Waals surface area contributed by atoms with Gasteiger partial charge in [-0.3, -0.25) is 0 Å². The van der Waals surface area contributed by atoms with Gasteiger partial charge in [-0.05, 0) is 17.7 Å². The lowest BCUT2D eigenvalue weighted by Gasteiger charge is -2.15. The molecule has 0 bridgehead atoms. The molecule has 0 spiro atoms. The molecule has 0 saturated heterocycles. The van der Waals surface area contributed by atoms with Gasteiger partial charge in [0.15, 0.2) is 0 Å². The van der Waals surface area contributed by atoms with Gasteiger partial charge in [0.1, 0.15) is 11.9 Å². The highest BCUT2D eigenvalue weighted by Crippen LogP contribution is 2.31. The Morgan fingerprint density at radius 3 is 2.20 bits per heavy atom. The van der Waals surface area contributed by atoms with Crippen molar-refractivity contribution >= 4 is 24.0 Å². The summed E-state index contributed by atoms with van der Waals surface area (Å²) >= 11 is 5.31. The van der Waals surface area contributed by atoms with Crippen LogP contribution in [-0.4, -0.2) is 6.18 Å². The van der Waals surface area contributed by atoms with E-state index in [0.29, 0.717) is 0 Å². The van der Waals surface area contributed by atoms with Crippen LogP contribution in [0.3, 0.4) is 0 Å². The van der Waals surface area contributed by atoms with Crippen molar-refractivity contribution in [2.45, 2.75) is 12.2 Å². The predicted octanol–water partition coefficient (Wildman–Crippen LogP) is 3.46. The lowest BCUT2D eigenvalue weighted by atomic mass is 10.1. The average Bonchev–Trinajstić information content (AvgIpc) is 2.07. The molecule has 2 N–H and O–H groups in total. The van der Waals surface area contributed by atoms with Gasteiger partial charge in [0.25, 0.3) is 0 Å². The summed E-state index contributed by atoms with van der Waals surface area (Å²) in [4.78, 5) is 0. The fraction of sp³-hybridized carbons (Fsp3) is 0.250. The van der Waals surface area contributed by atoms with Crippen LogP contribution >= 0.6 is 24.0 Å². The number of halogens is 6. The van der Waals surface area contributed by atoms with E-state index >= 15 is 0 Å². The summed E-state index contributed by atoms with van der Waals surface area (Å²) in [6.07, 6.45) is -4.55. The molecule has 1 atom stereocenters. The van der Waals surface area contributed by atoms with E-state index in [9.17, 15) is 17.6 Å². The molecule has 0 aliphatic heterocycles. The summed E-state index contributed by atoms with van der Waals surface area (Å²) in [6.45, 7) is 0. The van der Waals surface area contributed by atoms with Crippen molar-refractivity contribution in [1.29, 1.82) is 0 Å². The van der Waals surface area contributed by atoms with Gasteiger partial charge < -0.3 is 5.73 Å². The standard InChI is InChI=1S/C8H6ClF4N.ClH/c9-5-3-4(1-2-6(5)10)7(14)8(11,12)13;/h1-3,7H,14H2;1H/t7-;/m1./s1. The van der Waals surface area contributed by atoms with Gasteiger partial charge in [-0.1, -0.05) is 17.7 Å². The van der Waals surface area contributed by atoms with Crippen LogP contribution in [0.25, 0.3) is 0 Å². The van der Waals surface area contributed by atoms with Gasteiger partial charge in [0.05, 0.1) is 5.02 Å². The molecule has 0 radical (unpaired) electrons. The van der Waals surface area contributed by atoms with E-state index in [2.05, 4.69) is 0 Å². The molecule has 0 saturated carbocycles. The second-order valence-electron chi connectivity index (χ2n) is 2.69. The fourth-order valence-electron chi connectivity index (χ4n) is 0.895. The van der Waals surface area contributed by atoms with Crippen molar-refractivity contribution < 1.29 is 17.6 Å². The minimum Gasteiger partial charge on any atom is -0.316 e. The molecule has 0 fully saturated rings. The van der Waals surface area contributed by atoms with Crippen molar-refractivity contribution in [3.05, 3.63) is 34.6 Å². The Morgan fingerprint density at radius 2 is 1.80 bits per heavy atom. The lowest BCUT2D eigenvalue weighted by molar-refractivity contribution is -0.149. The Bertz CT molecular complexity index is 340. The zero-order valence-electron chi connectivity index (χ0n) is 7.18. The van der Waals surface area contributed by atoms with Crippen LogP contribution in [0.4, 0.5) is 17.6 Å². The normalized spacial score (nSPS) is 13.2. The monoisotopic (exact) mass is 263 g/mol. The quantitative estimate of drug-likeness (QED) is 0.772. The first-order valence-electron chi connectivity index (χ1n) is 3.59. The molecule has 0 aliphatic carbocycles. The highest BCUT2D eigenvalue weighted by atomic mass is 35.5. The molecule has 0 amide bonds. The number of rotatable bonds is 1. The van der Waals surface area contributed by atoms with E-state index in [-0.39, 0.29) is 23.0 Å². The number of alkyl halides is 3. The van der Waals surface area contributed by atoms with Crippen molar-refractivity contribution in [3.63, 3.8) is 0 Å². The van der Waals surface area contributed by atoms with Crippen LogP contribution in [0.1, 0.15) is 11.6 Å². The zero-order chi connectivity index (χ0) is 10.9. The summed E-state index contributed by atoms with van der Waals surface area (Å²) in [6, 6.07) is 0.540. The number of hydrogen-bond donors (Lipinski definition) is 1. The molecule has 15 heavy (non-hydrogen) atoms. The third-order valence-electron chi connectivity index (χ3n) is 1.66. The molecule has 86 valence electrons. The van der Waals surface area contributed by atoms with Crippen LogP contribution in [0.15, 0.2) is 18.2 Å². The minimum atomic E-state index is -4.55. The Kier molecular flexibility index (Phi) is 4.83. The maximum Gasteiger partial charge on any atom is 0.407 e.